The van der Waals surface area contributed by atoms with Crippen molar-refractivity contribution in [3.05, 3.63) is 259 Å². The van der Waals surface area contributed by atoms with E-state index >= 15 is 0 Å². The molecule has 10 aromatic carbocycles. The van der Waals surface area contributed by atoms with Crippen LogP contribution >= 0.6 is 0 Å². The lowest BCUT2D eigenvalue weighted by molar-refractivity contribution is 0.768. The highest BCUT2D eigenvalue weighted by molar-refractivity contribution is 6.23. The summed E-state index contributed by atoms with van der Waals surface area (Å²) in [6, 6.07) is 86.9. The quantitative estimate of drug-likeness (QED) is 0.147. The third-order valence-electron chi connectivity index (χ3n) is 12.1. The molecule has 0 radical (unpaired) electrons. The molecule has 0 bridgehead atoms. The van der Waals surface area contributed by atoms with Crippen LogP contribution in [0, 0.1) is 0 Å². The highest BCUT2D eigenvalue weighted by Gasteiger charge is 2.47. The second-order valence-electron chi connectivity index (χ2n) is 15.1. The Morgan fingerprint density at radius 2 is 0.724 bits per heavy atom. The Hall–Kier alpha value is -7.48. The van der Waals surface area contributed by atoms with E-state index in [-0.39, 0.29) is 0 Å². The highest BCUT2D eigenvalue weighted by Crippen LogP contribution is 2.61. The van der Waals surface area contributed by atoms with Crippen molar-refractivity contribution in [1.29, 1.82) is 0 Å². The Bertz CT molecular complexity index is 3060. The van der Waals surface area contributed by atoms with Crippen LogP contribution < -0.4 is 4.90 Å². The first-order valence-corrected chi connectivity index (χ1v) is 20.1. The van der Waals surface area contributed by atoms with Crippen LogP contribution in [0.25, 0.3) is 54.9 Å². The van der Waals surface area contributed by atoms with E-state index in [1.165, 1.54) is 77.2 Å². The van der Waals surface area contributed by atoms with Crippen molar-refractivity contribution < 1.29 is 0 Å². The molecule has 0 spiro atoms. The molecule has 1 aliphatic carbocycles. The third-order valence-corrected chi connectivity index (χ3v) is 12.1. The van der Waals surface area contributed by atoms with Crippen LogP contribution in [0.1, 0.15) is 22.3 Å². The van der Waals surface area contributed by atoms with Crippen LogP contribution in [0.4, 0.5) is 17.1 Å². The predicted octanol–water partition coefficient (Wildman–Crippen LogP) is 15.2. The summed E-state index contributed by atoms with van der Waals surface area (Å²) in [5.74, 6) is 0. The van der Waals surface area contributed by atoms with Crippen molar-refractivity contribution in [2.24, 2.45) is 0 Å². The number of para-hydroxylation sites is 1. The fraction of sp³-hybridized carbons (Fsp3) is 0.0175. The number of hydrogen-bond acceptors (Lipinski definition) is 1. The third kappa shape index (κ3) is 5.10. The van der Waals surface area contributed by atoms with E-state index in [4.69, 9.17) is 0 Å². The van der Waals surface area contributed by atoms with Gasteiger partial charge in [0.25, 0.3) is 0 Å². The maximum absolute atomic E-state index is 2.60. The minimum absolute atomic E-state index is 0.539. The van der Waals surface area contributed by atoms with Gasteiger partial charge in [0.05, 0.1) is 22.5 Å². The van der Waals surface area contributed by atoms with E-state index in [1.807, 2.05) is 0 Å². The first-order valence-electron chi connectivity index (χ1n) is 20.1. The standard InChI is InChI=1S/C57H39N/c1-5-22-40(23-6-1)44-30-18-20-38-52(44)58(56-48-34-16-14-32-46(48)45-31-13-15-33-47(45)54(56)41-24-7-2-8-25-41)53-39-21-37-51-55(53)49-35-17-19-36-50(49)57(51,42-26-9-3-10-27-42)43-28-11-4-12-29-43/h1-39H. The van der Waals surface area contributed by atoms with Crippen molar-refractivity contribution in [2.75, 3.05) is 4.90 Å². The van der Waals surface area contributed by atoms with Gasteiger partial charge < -0.3 is 4.90 Å². The van der Waals surface area contributed by atoms with Crippen molar-refractivity contribution in [3.63, 3.8) is 0 Å². The van der Waals surface area contributed by atoms with Gasteiger partial charge in [0.1, 0.15) is 0 Å². The maximum atomic E-state index is 2.60. The van der Waals surface area contributed by atoms with Crippen LogP contribution in [0.2, 0.25) is 0 Å². The molecule has 0 atom stereocenters. The Morgan fingerprint density at radius 1 is 0.276 bits per heavy atom. The fourth-order valence-corrected chi connectivity index (χ4v) is 9.81. The van der Waals surface area contributed by atoms with Gasteiger partial charge in [-0.3, -0.25) is 0 Å². The smallest absolute Gasteiger partial charge is 0.0714 e. The number of fused-ring (bicyclic) bond motifs is 6. The number of benzene rings is 10. The monoisotopic (exact) mass is 737 g/mol. The molecular weight excluding hydrogens is 699 g/mol. The van der Waals surface area contributed by atoms with E-state index in [0.29, 0.717) is 0 Å². The molecule has 1 nitrogen and oxygen atoms in total. The zero-order valence-corrected chi connectivity index (χ0v) is 32.0. The molecule has 0 fully saturated rings. The molecule has 0 heterocycles. The summed E-state index contributed by atoms with van der Waals surface area (Å²) < 4.78 is 0. The van der Waals surface area contributed by atoms with Gasteiger partial charge in [-0.05, 0) is 67.2 Å². The topological polar surface area (TPSA) is 3.24 Å². The van der Waals surface area contributed by atoms with Gasteiger partial charge in [-0.2, -0.15) is 0 Å². The van der Waals surface area contributed by atoms with E-state index in [9.17, 15) is 0 Å². The first-order chi connectivity index (χ1) is 28.8. The summed E-state index contributed by atoms with van der Waals surface area (Å²) >= 11 is 0. The first kappa shape index (κ1) is 33.8. The summed E-state index contributed by atoms with van der Waals surface area (Å²) in [5, 5.41) is 4.89. The summed E-state index contributed by atoms with van der Waals surface area (Å²) in [4.78, 5) is 2.60. The molecule has 0 aromatic heterocycles. The van der Waals surface area contributed by atoms with Gasteiger partial charge >= 0.3 is 0 Å². The molecule has 0 aliphatic heterocycles. The van der Waals surface area contributed by atoms with Crippen LogP contribution in [-0.2, 0) is 5.41 Å². The summed E-state index contributed by atoms with van der Waals surface area (Å²) in [5.41, 5.74) is 15.2. The summed E-state index contributed by atoms with van der Waals surface area (Å²) in [6.45, 7) is 0. The van der Waals surface area contributed by atoms with Crippen molar-refractivity contribution >= 4 is 38.6 Å². The number of anilines is 3. The second kappa shape index (κ2) is 13.9. The molecule has 1 aliphatic rings. The van der Waals surface area contributed by atoms with Crippen LogP contribution in [0.5, 0.6) is 0 Å². The van der Waals surface area contributed by atoms with Crippen molar-refractivity contribution in [1.82, 2.24) is 0 Å². The van der Waals surface area contributed by atoms with Gasteiger partial charge in [0, 0.05) is 22.1 Å². The van der Waals surface area contributed by atoms with Crippen LogP contribution in [0.3, 0.4) is 0 Å². The van der Waals surface area contributed by atoms with E-state index in [0.717, 1.165) is 17.1 Å². The molecular formula is C57H39N. The zero-order valence-electron chi connectivity index (χ0n) is 32.0. The van der Waals surface area contributed by atoms with E-state index in [1.54, 1.807) is 0 Å². The largest absolute Gasteiger partial charge is 0.308 e. The number of rotatable bonds is 7. The van der Waals surface area contributed by atoms with E-state index in [2.05, 4.69) is 241 Å². The SMILES string of the molecule is c1ccc(-c2ccccc2N(c2cccc3c2-c2ccccc2C3(c2ccccc2)c2ccccc2)c2c(-c3ccccc3)c3ccccc3c3ccccc23)cc1. The zero-order chi connectivity index (χ0) is 38.5. The number of hydrogen-bond donors (Lipinski definition) is 0. The molecule has 0 saturated heterocycles. The van der Waals surface area contributed by atoms with Gasteiger partial charge in [-0.1, -0.05) is 224 Å². The molecule has 58 heavy (non-hydrogen) atoms. The highest BCUT2D eigenvalue weighted by atomic mass is 15.2. The molecule has 0 N–H and O–H groups in total. The average molecular weight is 738 g/mol. The minimum Gasteiger partial charge on any atom is -0.308 e. The Kier molecular flexibility index (Phi) is 8.12. The predicted molar refractivity (Wildman–Crippen MR) is 244 cm³/mol. The molecule has 11 rings (SSSR count). The lowest BCUT2D eigenvalue weighted by Crippen LogP contribution is -2.28. The molecule has 0 unspecified atom stereocenters. The number of nitrogens with zero attached hydrogens (tertiary/aromatic N) is 1. The van der Waals surface area contributed by atoms with Crippen molar-refractivity contribution in [2.45, 2.75) is 5.41 Å². The Labute approximate surface area is 339 Å². The maximum Gasteiger partial charge on any atom is 0.0714 e. The lowest BCUT2D eigenvalue weighted by Gasteiger charge is -2.35. The van der Waals surface area contributed by atoms with E-state index < -0.39 is 5.41 Å². The average Bonchev–Trinajstić information content (AvgIpc) is 3.62. The lowest BCUT2D eigenvalue weighted by atomic mass is 9.68. The van der Waals surface area contributed by atoms with Crippen molar-refractivity contribution in [3.8, 4) is 33.4 Å². The summed E-state index contributed by atoms with van der Waals surface area (Å²) in [6.07, 6.45) is 0. The van der Waals surface area contributed by atoms with Crippen LogP contribution in [0.15, 0.2) is 237 Å². The fourth-order valence-electron chi connectivity index (χ4n) is 9.81. The second-order valence-corrected chi connectivity index (χ2v) is 15.1. The minimum atomic E-state index is -0.539. The summed E-state index contributed by atoms with van der Waals surface area (Å²) in [7, 11) is 0. The molecule has 0 saturated carbocycles. The van der Waals surface area contributed by atoms with Gasteiger partial charge in [-0.15, -0.1) is 0 Å². The Morgan fingerprint density at radius 3 is 1.38 bits per heavy atom. The normalized spacial score (nSPS) is 12.6. The van der Waals surface area contributed by atoms with Gasteiger partial charge in [0.15, 0.2) is 0 Å². The molecule has 0 amide bonds. The Balaban J connectivity index is 1.34. The molecule has 10 aromatic rings. The van der Waals surface area contributed by atoms with Gasteiger partial charge in [0.2, 0.25) is 0 Å². The van der Waals surface area contributed by atoms with Gasteiger partial charge in [-0.25, -0.2) is 0 Å². The molecule has 1 heteroatoms. The van der Waals surface area contributed by atoms with Crippen LogP contribution in [-0.4, -0.2) is 0 Å². The molecule has 272 valence electrons.